The maximum absolute atomic E-state index is 12.0. The van der Waals surface area contributed by atoms with Crippen LogP contribution in [-0.2, 0) is 9.59 Å². The van der Waals surface area contributed by atoms with E-state index >= 15 is 0 Å². The molecule has 6 nitrogen and oxygen atoms in total. The lowest BCUT2D eigenvalue weighted by Gasteiger charge is -2.20. The SMILES string of the molecule is CCCC(CC(=O)NC(CC)CC(=O)O)n1ccnc1. The molecule has 1 aromatic rings. The number of nitrogens with one attached hydrogen (secondary N) is 1. The Morgan fingerprint density at radius 3 is 2.60 bits per heavy atom. The van der Waals surface area contributed by atoms with Gasteiger partial charge in [0.05, 0.1) is 12.7 Å². The molecule has 0 aliphatic rings. The molecule has 1 aromatic heterocycles. The van der Waals surface area contributed by atoms with Crippen LogP contribution in [0.4, 0.5) is 0 Å². The predicted molar refractivity (Wildman–Crippen MR) is 75.3 cm³/mol. The Morgan fingerprint density at radius 2 is 2.10 bits per heavy atom. The van der Waals surface area contributed by atoms with Crippen molar-refractivity contribution in [3.8, 4) is 0 Å². The monoisotopic (exact) mass is 281 g/mol. The number of carboxylic acids is 1. The molecule has 2 unspecified atom stereocenters. The largest absolute Gasteiger partial charge is 0.481 e. The lowest BCUT2D eigenvalue weighted by Crippen LogP contribution is -2.37. The van der Waals surface area contributed by atoms with Gasteiger partial charge in [-0.15, -0.1) is 0 Å². The van der Waals surface area contributed by atoms with Gasteiger partial charge in [-0.05, 0) is 12.8 Å². The van der Waals surface area contributed by atoms with Gasteiger partial charge in [-0.2, -0.15) is 0 Å². The summed E-state index contributed by atoms with van der Waals surface area (Å²) in [6.07, 6.45) is 8.04. The molecular formula is C14H23N3O3. The number of rotatable bonds is 9. The van der Waals surface area contributed by atoms with Gasteiger partial charge in [0.1, 0.15) is 0 Å². The first kappa shape index (κ1) is 16.2. The van der Waals surface area contributed by atoms with E-state index in [4.69, 9.17) is 5.11 Å². The second kappa shape index (κ2) is 8.35. The number of aliphatic carboxylic acids is 1. The van der Waals surface area contributed by atoms with Crippen LogP contribution in [0, 0.1) is 0 Å². The quantitative estimate of drug-likeness (QED) is 0.725. The van der Waals surface area contributed by atoms with E-state index in [9.17, 15) is 9.59 Å². The van der Waals surface area contributed by atoms with E-state index in [2.05, 4.69) is 17.2 Å². The first-order chi connectivity index (χ1) is 9.56. The molecule has 0 saturated heterocycles. The maximum atomic E-state index is 12.0. The van der Waals surface area contributed by atoms with Crippen LogP contribution in [-0.4, -0.2) is 32.6 Å². The summed E-state index contributed by atoms with van der Waals surface area (Å²) >= 11 is 0. The fraction of sp³-hybridized carbons (Fsp3) is 0.643. The average Bonchev–Trinajstić information content (AvgIpc) is 2.90. The number of aromatic nitrogens is 2. The Kier molecular flexibility index (Phi) is 6.76. The summed E-state index contributed by atoms with van der Waals surface area (Å²) in [4.78, 5) is 26.7. The number of carbonyl (C=O) groups is 2. The van der Waals surface area contributed by atoms with Crippen LogP contribution in [0.5, 0.6) is 0 Å². The van der Waals surface area contributed by atoms with E-state index < -0.39 is 5.97 Å². The lowest BCUT2D eigenvalue weighted by molar-refractivity contribution is -0.137. The van der Waals surface area contributed by atoms with Gasteiger partial charge in [0, 0.05) is 30.9 Å². The third-order valence-electron chi connectivity index (χ3n) is 3.27. The van der Waals surface area contributed by atoms with Crippen LogP contribution in [0.2, 0.25) is 0 Å². The predicted octanol–water partition coefficient (Wildman–Crippen LogP) is 1.98. The van der Waals surface area contributed by atoms with Crippen molar-refractivity contribution in [3.05, 3.63) is 18.7 Å². The van der Waals surface area contributed by atoms with E-state index in [-0.39, 0.29) is 24.4 Å². The summed E-state index contributed by atoms with van der Waals surface area (Å²) in [7, 11) is 0. The Bertz CT molecular complexity index is 417. The standard InChI is InChI=1S/C14H23N3O3/c1-3-5-12(17-7-6-15-10-17)9-13(18)16-11(4-2)8-14(19)20/h6-7,10-12H,3-5,8-9H2,1-2H3,(H,16,18)(H,19,20). The number of imidazole rings is 1. The van der Waals surface area contributed by atoms with Crippen LogP contribution in [0.25, 0.3) is 0 Å². The molecule has 20 heavy (non-hydrogen) atoms. The maximum Gasteiger partial charge on any atom is 0.305 e. The Morgan fingerprint density at radius 1 is 1.35 bits per heavy atom. The number of amides is 1. The van der Waals surface area contributed by atoms with Gasteiger partial charge in [-0.3, -0.25) is 9.59 Å². The van der Waals surface area contributed by atoms with Crippen LogP contribution >= 0.6 is 0 Å². The molecule has 6 heteroatoms. The zero-order valence-corrected chi connectivity index (χ0v) is 12.1. The van der Waals surface area contributed by atoms with E-state index in [0.29, 0.717) is 12.8 Å². The summed E-state index contributed by atoms with van der Waals surface area (Å²) in [6.45, 7) is 3.94. The minimum Gasteiger partial charge on any atom is -0.481 e. The van der Waals surface area contributed by atoms with Crippen molar-refractivity contribution in [2.45, 2.75) is 58.0 Å². The molecule has 1 rings (SSSR count). The zero-order chi connectivity index (χ0) is 15.0. The molecule has 1 amide bonds. The molecule has 0 aromatic carbocycles. The number of hydrogen-bond acceptors (Lipinski definition) is 3. The smallest absolute Gasteiger partial charge is 0.305 e. The number of carbonyl (C=O) groups excluding carboxylic acids is 1. The highest BCUT2D eigenvalue weighted by molar-refractivity contribution is 5.77. The number of carboxylic acid groups (broad SMARTS) is 1. The first-order valence-corrected chi connectivity index (χ1v) is 7.05. The Labute approximate surface area is 119 Å². The molecule has 2 atom stereocenters. The summed E-state index contributed by atoms with van der Waals surface area (Å²) in [5.41, 5.74) is 0. The summed E-state index contributed by atoms with van der Waals surface area (Å²) in [6, 6.07) is -0.227. The van der Waals surface area contributed by atoms with Crippen LogP contribution in [0.3, 0.4) is 0 Å². The average molecular weight is 281 g/mol. The molecule has 0 aliphatic carbocycles. The summed E-state index contributed by atoms with van der Waals surface area (Å²) < 4.78 is 1.93. The van der Waals surface area contributed by atoms with Crippen molar-refractivity contribution >= 4 is 11.9 Å². The Balaban J connectivity index is 2.55. The minimum atomic E-state index is -0.892. The topological polar surface area (TPSA) is 84.2 Å². The second-order valence-corrected chi connectivity index (χ2v) is 4.93. The fourth-order valence-corrected chi connectivity index (χ4v) is 2.18. The normalized spacial score (nSPS) is 13.7. The molecule has 112 valence electrons. The van der Waals surface area contributed by atoms with Crippen molar-refractivity contribution < 1.29 is 14.7 Å². The van der Waals surface area contributed by atoms with E-state index in [1.165, 1.54) is 0 Å². The fourth-order valence-electron chi connectivity index (χ4n) is 2.18. The van der Waals surface area contributed by atoms with Gasteiger partial charge in [-0.25, -0.2) is 4.98 Å². The zero-order valence-electron chi connectivity index (χ0n) is 12.1. The molecule has 1 heterocycles. The van der Waals surface area contributed by atoms with Gasteiger partial charge >= 0.3 is 5.97 Å². The summed E-state index contributed by atoms with van der Waals surface area (Å²) in [5.74, 6) is -0.998. The van der Waals surface area contributed by atoms with Crippen LogP contribution in [0.1, 0.15) is 52.0 Å². The second-order valence-electron chi connectivity index (χ2n) is 4.93. The van der Waals surface area contributed by atoms with E-state index in [1.54, 1.807) is 12.5 Å². The van der Waals surface area contributed by atoms with Gasteiger partial charge < -0.3 is 15.0 Å². The van der Waals surface area contributed by atoms with Crippen molar-refractivity contribution in [2.24, 2.45) is 0 Å². The molecule has 0 fully saturated rings. The molecule has 0 aliphatic heterocycles. The third-order valence-corrected chi connectivity index (χ3v) is 3.27. The molecular weight excluding hydrogens is 258 g/mol. The van der Waals surface area contributed by atoms with Gasteiger partial charge in [-0.1, -0.05) is 20.3 Å². The van der Waals surface area contributed by atoms with Crippen LogP contribution in [0.15, 0.2) is 18.7 Å². The van der Waals surface area contributed by atoms with Crippen molar-refractivity contribution in [3.63, 3.8) is 0 Å². The third kappa shape index (κ3) is 5.42. The molecule has 2 N–H and O–H groups in total. The molecule has 0 saturated carbocycles. The highest BCUT2D eigenvalue weighted by Gasteiger charge is 2.18. The van der Waals surface area contributed by atoms with Crippen molar-refractivity contribution in [2.75, 3.05) is 0 Å². The highest BCUT2D eigenvalue weighted by atomic mass is 16.4. The lowest BCUT2D eigenvalue weighted by atomic mass is 10.1. The van der Waals surface area contributed by atoms with Gasteiger partial charge in [0.15, 0.2) is 0 Å². The number of hydrogen-bond donors (Lipinski definition) is 2. The van der Waals surface area contributed by atoms with E-state index in [1.807, 2.05) is 17.7 Å². The highest BCUT2D eigenvalue weighted by Crippen LogP contribution is 2.17. The Hall–Kier alpha value is -1.85. The molecule has 0 spiro atoms. The van der Waals surface area contributed by atoms with Crippen molar-refractivity contribution in [1.29, 1.82) is 0 Å². The van der Waals surface area contributed by atoms with Gasteiger partial charge in [0.2, 0.25) is 5.91 Å². The van der Waals surface area contributed by atoms with Crippen LogP contribution < -0.4 is 5.32 Å². The first-order valence-electron chi connectivity index (χ1n) is 7.05. The van der Waals surface area contributed by atoms with Gasteiger partial charge in [0.25, 0.3) is 0 Å². The molecule has 0 radical (unpaired) electrons. The minimum absolute atomic E-state index is 0.0360. The molecule has 0 bridgehead atoms. The number of nitrogens with zero attached hydrogens (tertiary/aromatic N) is 2. The van der Waals surface area contributed by atoms with Crippen molar-refractivity contribution in [1.82, 2.24) is 14.9 Å². The van der Waals surface area contributed by atoms with E-state index in [0.717, 1.165) is 12.8 Å². The summed E-state index contributed by atoms with van der Waals surface area (Å²) in [5, 5.41) is 11.6.